The van der Waals surface area contributed by atoms with Crippen molar-refractivity contribution < 1.29 is 18.8 Å². The van der Waals surface area contributed by atoms with Gasteiger partial charge in [-0.05, 0) is 33.6 Å². The quantitative estimate of drug-likeness (QED) is 0.652. The van der Waals surface area contributed by atoms with Gasteiger partial charge in [0.15, 0.2) is 10.4 Å². The number of hydrogen-bond acceptors (Lipinski definition) is 4. The van der Waals surface area contributed by atoms with Crippen molar-refractivity contribution in [2.75, 3.05) is 19.6 Å². The molecule has 2 heterocycles. The molecule has 1 unspecified atom stereocenters. The van der Waals surface area contributed by atoms with Crippen molar-refractivity contribution >= 4 is 33.7 Å². The Morgan fingerprint density at radius 3 is 2.56 bits per heavy atom. The predicted molar refractivity (Wildman–Crippen MR) is 102 cm³/mol. The Balaban J connectivity index is 1.39. The predicted octanol–water partition coefficient (Wildman–Crippen LogP) is 1.94. The van der Waals surface area contributed by atoms with Gasteiger partial charge in [0.05, 0.1) is 5.92 Å². The Labute approximate surface area is 165 Å². The maximum atomic E-state index is 12.3. The highest BCUT2D eigenvalue weighted by atomic mass is 79.9. The van der Waals surface area contributed by atoms with Crippen LogP contribution in [0.15, 0.2) is 51.6 Å². The van der Waals surface area contributed by atoms with E-state index < -0.39 is 0 Å². The molecular weight excluding hydrogens is 414 g/mol. The molecule has 3 amide bonds. The van der Waals surface area contributed by atoms with Crippen molar-refractivity contribution in [3.63, 3.8) is 0 Å². The third-order valence-corrected chi connectivity index (χ3v) is 4.73. The van der Waals surface area contributed by atoms with E-state index in [4.69, 9.17) is 4.42 Å². The van der Waals surface area contributed by atoms with Crippen LogP contribution in [0.4, 0.5) is 0 Å². The van der Waals surface area contributed by atoms with Crippen molar-refractivity contribution in [3.8, 4) is 0 Å². The highest BCUT2D eigenvalue weighted by Gasteiger charge is 2.33. The molecule has 1 aliphatic rings. The standard InChI is InChI=1S/C19H20BrN3O4/c20-16-7-6-15(27-16)19(26)22-9-8-21-18(25)14-10-17(24)23(12-14)11-13-4-2-1-3-5-13/h1-7,14H,8-12H2,(H,21,25)(H,22,26). The van der Waals surface area contributed by atoms with Gasteiger partial charge in [0.25, 0.3) is 5.91 Å². The fraction of sp³-hybridized carbons (Fsp3) is 0.316. The van der Waals surface area contributed by atoms with Crippen LogP contribution in [0.5, 0.6) is 0 Å². The molecule has 1 atom stereocenters. The highest BCUT2D eigenvalue weighted by Crippen LogP contribution is 2.20. The summed E-state index contributed by atoms with van der Waals surface area (Å²) < 4.78 is 5.63. The molecule has 1 aliphatic heterocycles. The van der Waals surface area contributed by atoms with E-state index in [-0.39, 0.29) is 48.9 Å². The minimum Gasteiger partial charge on any atom is -0.444 e. The summed E-state index contributed by atoms with van der Waals surface area (Å²) in [5.74, 6) is -0.700. The minimum absolute atomic E-state index is 0.0179. The number of nitrogens with zero attached hydrogens (tertiary/aromatic N) is 1. The molecule has 1 saturated heterocycles. The van der Waals surface area contributed by atoms with Crippen LogP contribution in [0.25, 0.3) is 0 Å². The monoisotopic (exact) mass is 433 g/mol. The number of hydrogen-bond donors (Lipinski definition) is 2. The summed E-state index contributed by atoms with van der Waals surface area (Å²) >= 11 is 3.13. The minimum atomic E-state index is -0.363. The molecule has 0 radical (unpaired) electrons. The summed E-state index contributed by atoms with van der Waals surface area (Å²) in [7, 11) is 0. The molecule has 142 valence electrons. The van der Waals surface area contributed by atoms with Crippen molar-refractivity contribution in [2.24, 2.45) is 5.92 Å². The largest absolute Gasteiger partial charge is 0.444 e. The number of furan rings is 1. The van der Waals surface area contributed by atoms with E-state index >= 15 is 0 Å². The second-order valence-corrected chi connectivity index (χ2v) is 7.09. The van der Waals surface area contributed by atoms with E-state index in [0.717, 1.165) is 5.56 Å². The van der Waals surface area contributed by atoms with Crippen molar-refractivity contribution in [3.05, 3.63) is 58.5 Å². The van der Waals surface area contributed by atoms with Gasteiger partial charge in [0, 0.05) is 32.6 Å². The highest BCUT2D eigenvalue weighted by molar-refractivity contribution is 9.10. The lowest BCUT2D eigenvalue weighted by atomic mass is 10.1. The average Bonchev–Trinajstić information content (AvgIpc) is 3.25. The topological polar surface area (TPSA) is 91.7 Å². The number of nitrogens with one attached hydrogen (secondary N) is 2. The molecule has 0 saturated carbocycles. The first-order valence-corrected chi connectivity index (χ1v) is 9.45. The van der Waals surface area contributed by atoms with Crippen LogP contribution in [-0.4, -0.2) is 42.3 Å². The van der Waals surface area contributed by atoms with Crippen LogP contribution in [0.2, 0.25) is 0 Å². The number of benzene rings is 1. The van der Waals surface area contributed by atoms with Crippen LogP contribution >= 0.6 is 15.9 Å². The number of amides is 3. The van der Waals surface area contributed by atoms with Gasteiger partial charge in [-0.2, -0.15) is 0 Å². The summed E-state index contributed by atoms with van der Waals surface area (Å²) in [6, 6.07) is 12.9. The zero-order valence-corrected chi connectivity index (χ0v) is 16.2. The molecule has 1 aromatic carbocycles. The number of halogens is 1. The Hall–Kier alpha value is -2.61. The molecule has 27 heavy (non-hydrogen) atoms. The van der Waals surface area contributed by atoms with E-state index in [1.165, 1.54) is 0 Å². The van der Waals surface area contributed by atoms with Gasteiger partial charge in [-0.15, -0.1) is 0 Å². The zero-order valence-electron chi connectivity index (χ0n) is 14.6. The van der Waals surface area contributed by atoms with Crippen LogP contribution in [-0.2, 0) is 16.1 Å². The summed E-state index contributed by atoms with van der Waals surface area (Å²) in [5.41, 5.74) is 1.04. The molecule has 1 fully saturated rings. The molecule has 1 aromatic heterocycles. The first-order valence-electron chi connectivity index (χ1n) is 8.66. The molecular formula is C19H20BrN3O4. The second kappa shape index (κ2) is 8.85. The summed E-state index contributed by atoms with van der Waals surface area (Å²) in [6.07, 6.45) is 0.214. The average molecular weight is 434 g/mol. The van der Waals surface area contributed by atoms with Crippen molar-refractivity contribution in [1.29, 1.82) is 0 Å². The maximum absolute atomic E-state index is 12.3. The lowest BCUT2D eigenvalue weighted by Gasteiger charge is -2.16. The fourth-order valence-electron chi connectivity index (χ4n) is 2.93. The zero-order chi connectivity index (χ0) is 19.2. The first kappa shape index (κ1) is 19.2. The van der Waals surface area contributed by atoms with E-state index in [2.05, 4.69) is 26.6 Å². The van der Waals surface area contributed by atoms with Crippen LogP contribution < -0.4 is 10.6 Å². The number of rotatable bonds is 7. The van der Waals surface area contributed by atoms with Crippen LogP contribution in [0.3, 0.4) is 0 Å². The fourth-order valence-corrected chi connectivity index (χ4v) is 3.24. The van der Waals surface area contributed by atoms with Gasteiger partial charge in [0.2, 0.25) is 11.8 Å². The summed E-state index contributed by atoms with van der Waals surface area (Å²) in [4.78, 5) is 38.0. The van der Waals surface area contributed by atoms with Gasteiger partial charge < -0.3 is 20.0 Å². The van der Waals surface area contributed by atoms with E-state index in [0.29, 0.717) is 17.8 Å². The third kappa shape index (κ3) is 5.19. The van der Waals surface area contributed by atoms with Gasteiger partial charge >= 0.3 is 0 Å². The van der Waals surface area contributed by atoms with Crippen molar-refractivity contribution in [2.45, 2.75) is 13.0 Å². The Morgan fingerprint density at radius 2 is 1.85 bits per heavy atom. The van der Waals surface area contributed by atoms with Gasteiger partial charge in [-0.3, -0.25) is 14.4 Å². The van der Waals surface area contributed by atoms with Gasteiger partial charge in [-0.1, -0.05) is 30.3 Å². The lowest BCUT2D eigenvalue weighted by Crippen LogP contribution is -2.38. The summed E-state index contributed by atoms with van der Waals surface area (Å²) in [6.45, 7) is 1.48. The molecule has 8 heteroatoms. The number of carbonyl (C=O) groups excluding carboxylic acids is 3. The normalized spacial score (nSPS) is 16.4. The molecule has 0 spiro atoms. The molecule has 3 rings (SSSR count). The molecule has 7 nitrogen and oxygen atoms in total. The molecule has 2 aromatic rings. The Bertz CT molecular complexity index is 821. The first-order chi connectivity index (χ1) is 13.0. The molecule has 0 bridgehead atoms. The van der Waals surface area contributed by atoms with E-state index in [9.17, 15) is 14.4 Å². The van der Waals surface area contributed by atoms with Crippen LogP contribution in [0.1, 0.15) is 22.5 Å². The Morgan fingerprint density at radius 1 is 1.11 bits per heavy atom. The van der Waals surface area contributed by atoms with Gasteiger partial charge in [-0.25, -0.2) is 0 Å². The maximum Gasteiger partial charge on any atom is 0.287 e. The lowest BCUT2D eigenvalue weighted by molar-refractivity contribution is -0.129. The molecule has 0 aliphatic carbocycles. The smallest absolute Gasteiger partial charge is 0.287 e. The van der Waals surface area contributed by atoms with Gasteiger partial charge in [0.1, 0.15) is 0 Å². The second-order valence-electron chi connectivity index (χ2n) is 6.31. The van der Waals surface area contributed by atoms with Crippen LogP contribution in [0, 0.1) is 5.92 Å². The third-order valence-electron chi connectivity index (χ3n) is 4.31. The number of likely N-dealkylation sites (tertiary alicyclic amines) is 1. The Kier molecular flexibility index (Phi) is 6.28. The SMILES string of the molecule is O=C(NCCNC(=O)C1CC(=O)N(Cc2ccccc2)C1)c1ccc(Br)o1. The summed E-state index contributed by atoms with van der Waals surface area (Å²) in [5, 5.41) is 5.43. The van der Waals surface area contributed by atoms with E-state index in [1.807, 2.05) is 30.3 Å². The molecule has 2 N–H and O–H groups in total. The number of carbonyl (C=O) groups is 3. The van der Waals surface area contributed by atoms with E-state index in [1.54, 1.807) is 17.0 Å². The van der Waals surface area contributed by atoms with Crippen molar-refractivity contribution in [1.82, 2.24) is 15.5 Å².